The van der Waals surface area contributed by atoms with Gasteiger partial charge in [-0.25, -0.2) is 0 Å². The molecule has 1 rings (SSSR count). The van der Waals surface area contributed by atoms with Crippen molar-refractivity contribution in [2.45, 2.75) is 12.8 Å². The molecule has 0 heterocycles. The molecule has 0 aromatic heterocycles. The van der Waals surface area contributed by atoms with Crippen LogP contribution >= 0.6 is 22.6 Å². The summed E-state index contributed by atoms with van der Waals surface area (Å²) in [5, 5.41) is 8.76. The van der Waals surface area contributed by atoms with E-state index >= 15 is 0 Å². The highest BCUT2D eigenvalue weighted by Gasteiger charge is 2.15. The standard InChI is InChI=1S/C9H9IO2/c1-6(9(11)12)7-4-2-3-5-8(7)10/h2-6H,1H3,(H,11,12). The van der Waals surface area contributed by atoms with E-state index in [0.29, 0.717) is 0 Å². The van der Waals surface area contributed by atoms with Crippen LogP contribution in [0, 0.1) is 3.57 Å². The molecular formula is C9H9IO2. The summed E-state index contributed by atoms with van der Waals surface area (Å²) in [7, 11) is 0. The highest BCUT2D eigenvalue weighted by Crippen LogP contribution is 2.21. The second-order valence-electron chi connectivity index (χ2n) is 2.58. The second-order valence-corrected chi connectivity index (χ2v) is 3.74. The van der Waals surface area contributed by atoms with Gasteiger partial charge in [0.15, 0.2) is 0 Å². The van der Waals surface area contributed by atoms with E-state index in [-0.39, 0.29) is 0 Å². The normalized spacial score (nSPS) is 12.5. The monoisotopic (exact) mass is 276 g/mol. The number of hydrogen-bond donors (Lipinski definition) is 1. The maximum atomic E-state index is 10.6. The van der Waals surface area contributed by atoms with Crippen molar-refractivity contribution in [2.24, 2.45) is 0 Å². The maximum Gasteiger partial charge on any atom is 0.310 e. The molecule has 0 amide bonds. The fraction of sp³-hybridized carbons (Fsp3) is 0.222. The average Bonchev–Trinajstić information content (AvgIpc) is 2.04. The lowest BCUT2D eigenvalue weighted by atomic mass is 10.0. The summed E-state index contributed by atoms with van der Waals surface area (Å²) in [6.07, 6.45) is 0. The Labute approximate surface area is 84.7 Å². The molecule has 0 aliphatic rings. The molecule has 1 N–H and O–H groups in total. The van der Waals surface area contributed by atoms with E-state index in [9.17, 15) is 4.79 Å². The van der Waals surface area contributed by atoms with Gasteiger partial charge in [-0.15, -0.1) is 0 Å². The van der Waals surface area contributed by atoms with Crippen molar-refractivity contribution < 1.29 is 9.90 Å². The van der Waals surface area contributed by atoms with Gasteiger partial charge in [0, 0.05) is 3.57 Å². The van der Waals surface area contributed by atoms with E-state index in [0.717, 1.165) is 9.13 Å². The van der Waals surface area contributed by atoms with Crippen LogP contribution < -0.4 is 0 Å². The van der Waals surface area contributed by atoms with Crippen molar-refractivity contribution in [1.82, 2.24) is 0 Å². The van der Waals surface area contributed by atoms with E-state index in [4.69, 9.17) is 5.11 Å². The number of aliphatic carboxylic acids is 1. The van der Waals surface area contributed by atoms with E-state index < -0.39 is 11.9 Å². The van der Waals surface area contributed by atoms with Gasteiger partial charge in [-0.3, -0.25) is 4.79 Å². The van der Waals surface area contributed by atoms with Gasteiger partial charge in [0.05, 0.1) is 5.92 Å². The number of benzene rings is 1. The molecule has 0 radical (unpaired) electrons. The summed E-state index contributed by atoms with van der Waals surface area (Å²) < 4.78 is 1.00. The summed E-state index contributed by atoms with van der Waals surface area (Å²) in [5.41, 5.74) is 0.880. The SMILES string of the molecule is CC(C(=O)O)c1ccccc1I. The number of halogens is 1. The molecule has 0 saturated carbocycles. The van der Waals surface area contributed by atoms with Crippen molar-refractivity contribution >= 4 is 28.6 Å². The number of hydrogen-bond acceptors (Lipinski definition) is 1. The topological polar surface area (TPSA) is 37.3 Å². The van der Waals surface area contributed by atoms with Crippen LogP contribution in [-0.4, -0.2) is 11.1 Å². The maximum absolute atomic E-state index is 10.6. The van der Waals surface area contributed by atoms with Crippen molar-refractivity contribution in [3.63, 3.8) is 0 Å². The Morgan fingerprint density at radius 1 is 1.50 bits per heavy atom. The van der Waals surface area contributed by atoms with Crippen molar-refractivity contribution in [1.29, 1.82) is 0 Å². The van der Waals surface area contributed by atoms with Crippen LogP contribution in [0.5, 0.6) is 0 Å². The minimum absolute atomic E-state index is 0.418. The van der Waals surface area contributed by atoms with Crippen LogP contribution in [0.1, 0.15) is 18.4 Å². The molecule has 2 nitrogen and oxygen atoms in total. The van der Waals surface area contributed by atoms with Gasteiger partial charge >= 0.3 is 5.97 Å². The molecule has 1 aromatic carbocycles. The van der Waals surface area contributed by atoms with Crippen molar-refractivity contribution in [3.05, 3.63) is 33.4 Å². The molecule has 0 aliphatic carbocycles. The molecule has 1 unspecified atom stereocenters. The summed E-state index contributed by atoms with van der Waals surface area (Å²) in [6.45, 7) is 1.69. The van der Waals surface area contributed by atoms with Gasteiger partial charge in [-0.2, -0.15) is 0 Å². The van der Waals surface area contributed by atoms with Gasteiger partial charge in [-0.05, 0) is 41.1 Å². The lowest BCUT2D eigenvalue weighted by Crippen LogP contribution is -2.08. The summed E-state index contributed by atoms with van der Waals surface area (Å²) in [4.78, 5) is 10.6. The molecule has 3 heteroatoms. The molecular weight excluding hydrogens is 267 g/mol. The third-order valence-corrected chi connectivity index (χ3v) is 2.72. The predicted molar refractivity (Wildman–Crippen MR) is 55.2 cm³/mol. The van der Waals surface area contributed by atoms with E-state index in [1.807, 2.05) is 24.3 Å². The van der Waals surface area contributed by atoms with Crippen LogP contribution in [0.3, 0.4) is 0 Å². The Morgan fingerprint density at radius 3 is 2.58 bits per heavy atom. The van der Waals surface area contributed by atoms with Gasteiger partial charge in [-0.1, -0.05) is 18.2 Å². The van der Waals surface area contributed by atoms with Gasteiger partial charge in [0.2, 0.25) is 0 Å². The molecule has 12 heavy (non-hydrogen) atoms. The van der Waals surface area contributed by atoms with Crippen LogP contribution in [0.2, 0.25) is 0 Å². The molecule has 0 spiro atoms. The van der Waals surface area contributed by atoms with E-state index in [2.05, 4.69) is 22.6 Å². The first-order valence-corrected chi connectivity index (χ1v) is 4.68. The van der Waals surface area contributed by atoms with Crippen LogP contribution in [0.4, 0.5) is 0 Å². The van der Waals surface area contributed by atoms with Crippen molar-refractivity contribution in [3.8, 4) is 0 Å². The molecule has 0 fully saturated rings. The van der Waals surface area contributed by atoms with Gasteiger partial charge in [0.1, 0.15) is 0 Å². The fourth-order valence-corrected chi connectivity index (χ4v) is 1.81. The molecule has 0 saturated heterocycles. The second kappa shape index (κ2) is 3.89. The first-order chi connectivity index (χ1) is 5.63. The summed E-state index contributed by atoms with van der Waals surface area (Å²) in [6, 6.07) is 7.52. The smallest absolute Gasteiger partial charge is 0.310 e. The lowest BCUT2D eigenvalue weighted by Gasteiger charge is -2.07. The highest BCUT2D eigenvalue weighted by atomic mass is 127. The Kier molecular flexibility index (Phi) is 3.08. The van der Waals surface area contributed by atoms with Crippen LogP contribution in [-0.2, 0) is 4.79 Å². The Bertz CT molecular complexity index is 296. The highest BCUT2D eigenvalue weighted by molar-refractivity contribution is 14.1. The lowest BCUT2D eigenvalue weighted by molar-refractivity contribution is -0.138. The number of carboxylic acid groups (broad SMARTS) is 1. The summed E-state index contributed by atoms with van der Waals surface area (Å²) >= 11 is 2.15. The zero-order valence-electron chi connectivity index (χ0n) is 6.62. The van der Waals surface area contributed by atoms with E-state index in [1.54, 1.807) is 6.92 Å². The Hall–Kier alpha value is -0.580. The number of carboxylic acids is 1. The van der Waals surface area contributed by atoms with Gasteiger partial charge in [0.25, 0.3) is 0 Å². The third kappa shape index (κ3) is 1.97. The predicted octanol–water partition coefficient (Wildman–Crippen LogP) is 2.48. The van der Waals surface area contributed by atoms with Gasteiger partial charge < -0.3 is 5.11 Å². The zero-order chi connectivity index (χ0) is 9.14. The van der Waals surface area contributed by atoms with E-state index in [1.165, 1.54) is 0 Å². The van der Waals surface area contributed by atoms with Crippen molar-refractivity contribution in [2.75, 3.05) is 0 Å². The third-order valence-electron chi connectivity index (χ3n) is 1.74. The zero-order valence-corrected chi connectivity index (χ0v) is 8.78. The first-order valence-electron chi connectivity index (χ1n) is 3.60. The summed E-state index contributed by atoms with van der Waals surface area (Å²) in [5.74, 6) is -1.20. The number of carbonyl (C=O) groups is 1. The van der Waals surface area contributed by atoms with Crippen LogP contribution in [0.15, 0.2) is 24.3 Å². The molecule has 1 atom stereocenters. The Morgan fingerprint density at radius 2 is 2.08 bits per heavy atom. The molecule has 0 bridgehead atoms. The molecule has 0 aliphatic heterocycles. The first kappa shape index (κ1) is 9.51. The quantitative estimate of drug-likeness (QED) is 0.842. The molecule has 64 valence electrons. The average molecular weight is 276 g/mol. The molecule has 1 aromatic rings. The minimum Gasteiger partial charge on any atom is -0.481 e. The Balaban J connectivity index is 3.02. The number of rotatable bonds is 2. The van der Waals surface area contributed by atoms with Crippen LogP contribution in [0.25, 0.3) is 0 Å². The minimum atomic E-state index is -0.779. The largest absolute Gasteiger partial charge is 0.481 e. The fourth-order valence-electron chi connectivity index (χ4n) is 0.959.